The summed E-state index contributed by atoms with van der Waals surface area (Å²) in [5, 5.41) is 3.06. The molecule has 8 heteroatoms. The average Bonchev–Trinajstić information content (AvgIpc) is 3.01. The Morgan fingerprint density at radius 1 is 0.976 bits per heavy atom. The first-order valence-electron chi connectivity index (χ1n) is 13.8. The van der Waals surface area contributed by atoms with Crippen LogP contribution in [0.15, 0.2) is 109 Å². The second-order valence-corrected chi connectivity index (χ2v) is 10.6. The van der Waals surface area contributed by atoms with Gasteiger partial charge < -0.3 is 19.7 Å². The van der Waals surface area contributed by atoms with Gasteiger partial charge in [-0.2, -0.15) is 0 Å². The van der Waals surface area contributed by atoms with E-state index in [4.69, 9.17) is 0 Å². The number of benzene rings is 2. The first kappa shape index (κ1) is 26.3. The molecule has 0 aliphatic carbocycles. The van der Waals surface area contributed by atoms with Crippen molar-refractivity contribution in [3.63, 3.8) is 0 Å². The Morgan fingerprint density at radius 2 is 1.83 bits per heavy atom. The number of nitrogens with one attached hydrogen (secondary N) is 1. The number of hydrogen-bond donors (Lipinski definition) is 1. The first-order valence-corrected chi connectivity index (χ1v) is 13.8. The summed E-state index contributed by atoms with van der Waals surface area (Å²) in [5.74, 6) is -0.00107. The minimum atomic E-state index is -0.302. The Balaban J connectivity index is 1.36. The highest BCUT2D eigenvalue weighted by Gasteiger charge is 2.35. The summed E-state index contributed by atoms with van der Waals surface area (Å²) in [6.07, 6.45) is 5.85. The predicted molar refractivity (Wildman–Crippen MR) is 161 cm³/mol. The van der Waals surface area contributed by atoms with Gasteiger partial charge in [-0.25, -0.2) is 0 Å². The number of para-hydroxylation sites is 1. The number of anilines is 3. The summed E-state index contributed by atoms with van der Waals surface area (Å²) in [5.41, 5.74) is 4.14. The summed E-state index contributed by atoms with van der Waals surface area (Å²) >= 11 is 0. The molecule has 2 amide bonds. The highest BCUT2D eigenvalue weighted by molar-refractivity contribution is 6.10. The number of aromatic nitrogens is 2. The Kier molecular flexibility index (Phi) is 7.20. The second kappa shape index (κ2) is 11.3. The van der Waals surface area contributed by atoms with Crippen molar-refractivity contribution in [3.8, 4) is 0 Å². The van der Waals surface area contributed by atoms with Crippen LogP contribution in [0.2, 0.25) is 0 Å². The van der Waals surface area contributed by atoms with Gasteiger partial charge in [0.2, 0.25) is 0 Å². The van der Waals surface area contributed by atoms with E-state index in [1.807, 2.05) is 59.2 Å². The number of carbonyl (C=O) groups excluding carboxylic acids is 2. The standard InChI is InChI=1S/C33H31N5O3/c1-2-16-37(27-9-4-3-5-10-27)33(41)24-13-14-30(28(18-24)35-32(40)25-8-7-15-34-19-25)36-20-23-17-26(22-36)29-11-6-12-31(39)38(29)21-23/h2-15,18-19,23,26H,1,16-17,20-22H2,(H,35,40)/t23-,26+/m1/s1. The predicted octanol–water partition coefficient (Wildman–Crippen LogP) is 4.95. The molecule has 2 aliphatic heterocycles. The molecule has 206 valence electrons. The van der Waals surface area contributed by atoms with Crippen LogP contribution in [-0.2, 0) is 6.54 Å². The van der Waals surface area contributed by atoms with Crippen molar-refractivity contribution in [1.82, 2.24) is 9.55 Å². The van der Waals surface area contributed by atoms with E-state index in [1.54, 1.807) is 41.4 Å². The Bertz CT molecular complexity index is 1650. The third-order valence-electron chi connectivity index (χ3n) is 7.86. The lowest BCUT2D eigenvalue weighted by atomic mass is 9.83. The van der Waals surface area contributed by atoms with Crippen molar-refractivity contribution in [2.24, 2.45) is 5.92 Å². The van der Waals surface area contributed by atoms with E-state index >= 15 is 0 Å². The second-order valence-electron chi connectivity index (χ2n) is 10.6. The molecule has 41 heavy (non-hydrogen) atoms. The lowest BCUT2D eigenvalue weighted by molar-refractivity contribution is 0.0987. The van der Waals surface area contributed by atoms with Crippen LogP contribution in [-0.4, -0.2) is 41.0 Å². The van der Waals surface area contributed by atoms with Crippen LogP contribution < -0.4 is 20.7 Å². The molecular weight excluding hydrogens is 514 g/mol. The molecule has 0 unspecified atom stereocenters. The van der Waals surface area contributed by atoms with E-state index in [0.29, 0.717) is 42.4 Å². The number of pyridine rings is 2. The maximum atomic E-state index is 13.8. The zero-order chi connectivity index (χ0) is 28.3. The number of nitrogens with zero attached hydrogens (tertiary/aromatic N) is 4. The van der Waals surface area contributed by atoms with E-state index in [1.165, 1.54) is 6.20 Å². The van der Waals surface area contributed by atoms with Gasteiger partial charge in [-0.05, 0) is 60.9 Å². The number of rotatable bonds is 7. The quantitative estimate of drug-likeness (QED) is 0.332. The topological polar surface area (TPSA) is 87.5 Å². The zero-order valence-electron chi connectivity index (χ0n) is 22.6. The molecule has 1 saturated heterocycles. The molecule has 2 atom stereocenters. The number of amides is 2. The van der Waals surface area contributed by atoms with E-state index in [-0.39, 0.29) is 23.3 Å². The highest BCUT2D eigenvalue weighted by Crippen LogP contribution is 2.39. The van der Waals surface area contributed by atoms with E-state index < -0.39 is 0 Å². The van der Waals surface area contributed by atoms with Gasteiger partial charge in [0.05, 0.1) is 16.9 Å². The Morgan fingerprint density at radius 3 is 2.61 bits per heavy atom. The summed E-state index contributed by atoms with van der Waals surface area (Å²) in [7, 11) is 0. The molecule has 8 nitrogen and oxygen atoms in total. The van der Waals surface area contributed by atoms with Gasteiger partial charge in [0.1, 0.15) is 0 Å². The van der Waals surface area contributed by atoms with Gasteiger partial charge in [0, 0.05) is 67.5 Å². The van der Waals surface area contributed by atoms with Gasteiger partial charge >= 0.3 is 0 Å². The molecule has 6 rings (SSSR count). The summed E-state index contributed by atoms with van der Waals surface area (Å²) in [6, 6.07) is 23.9. The molecule has 1 N–H and O–H groups in total. The number of carbonyl (C=O) groups is 2. The molecule has 4 aromatic rings. The minimum absolute atomic E-state index is 0.0421. The highest BCUT2D eigenvalue weighted by atomic mass is 16.2. The monoisotopic (exact) mass is 545 g/mol. The van der Waals surface area contributed by atoms with Crippen LogP contribution in [0.5, 0.6) is 0 Å². The van der Waals surface area contributed by atoms with Crippen molar-refractivity contribution >= 4 is 28.9 Å². The van der Waals surface area contributed by atoms with E-state index in [0.717, 1.165) is 30.0 Å². The molecule has 0 radical (unpaired) electrons. The maximum Gasteiger partial charge on any atom is 0.258 e. The largest absolute Gasteiger partial charge is 0.369 e. The van der Waals surface area contributed by atoms with Crippen LogP contribution in [0.25, 0.3) is 0 Å². The van der Waals surface area contributed by atoms with Crippen LogP contribution in [0.1, 0.15) is 38.7 Å². The van der Waals surface area contributed by atoms with Crippen molar-refractivity contribution in [3.05, 3.63) is 131 Å². The fourth-order valence-electron chi connectivity index (χ4n) is 6.03. The average molecular weight is 546 g/mol. The summed E-state index contributed by atoms with van der Waals surface area (Å²) in [4.78, 5) is 47.6. The third-order valence-corrected chi connectivity index (χ3v) is 7.86. The van der Waals surface area contributed by atoms with Crippen LogP contribution in [0, 0.1) is 5.92 Å². The molecule has 2 bridgehead atoms. The van der Waals surface area contributed by atoms with Crippen LogP contribution in [0.3, 0.4) is 0 Å². The zero-order valence-corrected chi connectivity index (χ0v) is 22.6. The molecule has 2 aliphatic rings. The molecule has 4 heterocycles. The van der Waals surface area contributed by atoms with Crippen molar-refractivity contribution in [1.29, 1.82) is 0 Å². The molecular formula is C33H31N5O3. The number of hydrogen-bond acceptors (Lipinski definition) is 5. The Labute approximate surface area is 238 Å². The first-order chi connectivity index (χ1) is 20.0. The van der Waals surface area contributed by atoms with Gasteiger partial charge in [-0.3, -0.25) is 19.4 Å². The van der Waals surface area contributed by atoms with Gasteiger partial charge in [0.25, 0.3) is 17.4 Å². The van der Waals surface area contributed by atoms with E-state index in [2.05, 4.69) is 21.8 Å². The van der Waals surface area contributed by atoms with Gasteiger partial charge in [-0.15, -0.1) is 6.58 Å². The molecule has 2 aromatic heterocycles. The molecule has 0 saturated carbocycles. The lowest BCUT2D eigenvalue weighted by Gasteiger charge is -2.44. The van der Waals surface area contributed by atoms with Crippen LogP contribution >= 0.6 is 0 Å². The Hall–Kier alpha value is -4.98. The van der Waals surface area contributed by atoms with Crippen molar-refractivity contribution in [2.45, 2.75) is 18.9 Å². The van der Waals surface area contributed by atoms with Crippen LogP contribution in [0.4, 0.5) is 17.1 Å². The maximum absolute atomic E-state index is 13.8. The van der Waals surface area contributed by atoms with E-state index in [9.17, 15) is 14.4 Å². The van der Waals surface area contributed by atoms with Crippen molar-refractivity contribution < 1.29 is 9.59 Å². The molecule has 0 spiro atoms. The summed E-state index contributed by atoms with van der Waals surface area (Å²) in [6.45, 7) is 6.29. The number of piperidine rings is 1. The molecule has 1 fully saturated rings. The van der Waals surface area contributed by atoms with Crippen molar-refractivity contribution in [2.75, 3.05) is 34.8 Å². The van der Waals surface area contributed by atoms with Gasteiger partial charge in [-0.1, -0.05) is 30.3 Å². The lowest BCUT2D eigenvalue weighted by Crippen LogP contribution is -2.47. The normalized spacial score (nSPS) is 17.3. The SMILES string of the molecule is C=CCN(C(=O)c1ccc(N2C[C@H]3C[C@@H](C2)c2cccc(=O)n2C3)c(NC(=O)c2cccnc2)c1)c1ccccc1. The third kappa shape index (κ3) is 5.28. The fourth-order valence-corrected chi connectivity index (χ4v) is 6.03. The minimum Gasteiger partial charge on any atom is -0.369 e. The number of fused-ring (bicyclic) bond motifs is 4. The molecule has 2 aromatic carbocycles. The fraction of sp³-hybridized carbons (Fsp3) is 0.212. The smallest absolute Gasteiger partial charge is 0.258 e. The summed E-state index contributed by atoms with van der Waals surface area (Å²) < 4.78 is 1.90. The van der Waals surface area contributed by atoms with Gasteiger partial charge in [0.15, 0.2) is 0 Å².